The number of aliphatic imine (C=N–C) groups is 1. The van der Waals surface area contributed by atoms with Crippen LogP contribution in [-0.2, 0) is 4.74 Å². The Morgan fingerprint density at radius 1 is 1.41 bits per heavy atom. The highest BCUT2D eigenvalue weighted by molar-refractivity contribution is 7.12. The second-order valence-electron chi connectivity index (χ2n) is 4.60. The second kappa shape index (κ2) is 6.55. The zero-order valence-electron chi connectivity index (χ0n) is 10.8. The average molecular weight is 253 g/mol. The van der Waals surface area contributed by atoms with E-state index in [4.69, 9.17) is 4.74 Å². The van der Waals surface area contributed by atoms with E-state index in [0.29, 0.717) is 12.5 Å². The lowest BCUT2D eigenvalue weighted by atomic mass is 10.1. The van der Waals surface area contributed by atoms with Gasteiger partial charge >= 0.3 is 6.09 Å². The number of hydrogen-bond donors (Lipinski definition) is 0. The summed E-state index contributed by atoms with van der Waals surface area (Å²) >= 11 is 1.59. The molecule has 0 bridgehead atoms. The van der Waals surface area contributed by atoms with E-state index in [1.54, 1.807) is 11.3 Å². The fourth-order valence-electron chi connectivity index (χ4n) is 1.26. The van der Waals surface area contributed by atoms with Crippen molar-refractivity contribution < 1.29 is 9.53 Å². The van der Waals surface area contributed by atoms with Crippen LogP contribution in [0.4, 0.5) is 4.79 Å². The molecule has 1 heterocycles. The van der Waals surface area contributed by atoms with Crippen LogP contribution in [0, 0.1) is 11.8 Å². The zero-order valence-corrected chi connectivity index (χ0v) is 11.6. The Hall–Kier alpha value is -1.16. The van der Waals surface area contributed by atoms with E-state index < -0.39 is 6.09 Å². The lowest BCUT2D eigenvalue weighted by Gasteiger charge is -2.08. The molecule has 17 heavy (non-hydrogen) atoms. The van der Waals surface area contributed by atoms with Crippen molar-refractivity contribution in [2.75, 3.05) is 6.61 Å². The van der Waals surface area contributed by atoms with Crippen LogP contribution in [0.2, 0.25) is 0 Å². The van der Waals surface area contributed by atoms with Crippen LogP contribution in [0.1, 0.15) is 32.6 Å². The smallest absolute Gasteiger partial charge is 0.433 e. The van der Waals surface area contributed by atoms with Crippen LogP contribution in [0.5, 0.6) is 0 Å². The standard InChI is InChI=1S/C13H19NO2S/c1-9(2)8-16-13(15)14-12(10(3)4)11-6-5-7-17-11/h5-7,9-10H,8H2,1-4H3/b14-12-. The van der Waals surface area contributed by atoms with Gasteiger partial charge in [0.2, 0.25) is 0 Å². The Bertz CT molecular complexity index is 380. The van der Waals surface area contributed by atoms with Gasteiger partial charge in [0, 0.05) is 4.88 Å². The van der Waals surface area contributed by atoms with E-state index in [2.05, 4.69) is 4.99 Å². The molecule has 0 aliphatic heterocycles. The lowest BCUT2D eigenvalue weighted by molar-refractivity contribution is 0.143. The zero-order chi connectivity index (χ0) is 12.8. The molecule has 0 aliphatic rings. The summed E-state index contributed by atoms with van der Waals surface area (Å²) in [5.74, 6) is 0.540. The molecule has 0 atom stereocenters. The summed E-state index contributed by atoms with van der Waals surface area (Å²) in [5.41, 5.74) is 0.800. The van der Waals surface area contributed by atoms with Crippen molar-refractivity contribution in [3.05, 3.63) is 22.4 Å². The molecule has 0 aliphatic carbocycles. The van der Waals surface area contributed by atoms with Gasteiger partial charge in [-0.2, -0.15) is 4.99 Å². The molecule has 3 nitrogen and oxygen atoms in total. The van der Waals surface area contributed by atoms with Crippen LogP contribution in [0.15, 0.2) is 22.5 Å². The molecular formula is C13H19NO2S. The van der Waals surface area contributed by atoms with Crippen molar-refractivity contribution >= 4 is 23.1 Å². The van der Waals surface area contributed by atoms with Gasteiger partial charge < -0.3 is 4.74 Å². The molecule has 1 aromatic heterocycles. The molecule has 1 amide bonds. The Kier molecular flexibility index (Phi) is 5.35. The van der Waals surface area contributed by atoms with Gasteiger partial charge in [0.25, 0.3) is 0 Å². The number of carbonyl (C=O) groups is 1. The minimum absolute atomic E-state index is 0.209. The number of rotatable bonds is 4. The van der Waals surface area contributed by atoms with Crippen LogP contribution < -0.4 is 0 Å². The number of nitrogens with zero attached hydrogens (tertiary/aromatic N) is 1. The Balaban J connectivity index is 2.74. The third-order valence-corrected chi connectivity index (χ3v) is 2.96. The first-order valence-electron chi connectivity index (χ1n) is 5.80. The summed E-state index contributed by atoms with van der Waals surface area (Å²) in [4.78, 5) is 16.6. The molecule has 0 spiro atoms. The monoisotopic (exact) mass is 253 g/mol. The summed E-state index contributed by atoms with van der Waals surface area (Å²) < 4.78 is 5.06. The van der Waals surface area contributed by atoms with Gasteiger partial charge in [-0.1, -0.05) is 33.8 Å². The van der Waals surface area contributed by atoms with Crippen LogP contribution in [-0.4, -0.2) is 18.4 Å². The molecular weight excluding hydrogens is 234 g/mol. The second-order valence-corrected chi connectivity index (χ2v) is 5.55. The summed E-state index contributed by atoms with van der Waals surface area (Å²) in [6.07, 6.45) is -0.490. The number of ether oxygens (including phenoxy) is 1. The van der Waals surface area contributed by atoms with Crippen LogP contribution in [0.25, 0.3) is 0 Å². The molecule has 0 saturated heterocycles. The highest BCUT2D eigenvalue weighted by atomic mass is 32.1. The highest BCUT2D eigenvalue weighted by Gasteiger charge is 2.12. The number of amides is 1. The number of hydrogen-bond acceptors (Lipinski definition) is 3. The van der Waals surface area contributed by atoms with Gasteiger partial charge in [-0.05, 0) is 23.3 Å². The van der Waals surface area contributed by atoms with Gasteiger partial charge in [-0.3, -0.25) is 0 Å². The fourth-order valence-corrected chi connectivity index (χ4v) is 2.12. The maximum atomic E-state index is 11.6. The van der Waals surface area contributed by atoms with Gasteiger partial charge in [0.15, 0.2) is 0 Å². The molecule has 0 N–H and O–H groups in total. The Morgan fingerprint density at radius 2 is 2.12 bits per heavy atom. The van der Waals surface area contributed by atoms with E-state index >= 15 is 0 Å². The van der Waals surface area contributed by atoms with E-state index in [9.17, 15) is 4.79 Å². The van der Waals surface area contributed by atoms with Crippen molar-refractivity contribution in [1.29, 1.82) is 0 Å². The van der Waals surface area contributed by atoms with Crippen molar-refractivity contribution in [3.63, 3.8) is 0 Å². The van der Waals surface area contributed by atoms with Gasteiger partial charge in [0.1, 0.15) is 0 Å². The molecule has 0 unspecified atom stereocenters. The van der Waals surface area contributed by atoms with E-state index in [1.807, 2.05) is 45.2 Å². The summed E-state index contributed by atoms with van der Waals surface area (Å²) in [7, 11) is 0. The lowest BCUT2D eigenvalue weighted by Crippen LogP contribution is -2.13. The first-order valence-corrected chi connectivity index (χ1v) is 6.68. The van der Waals surface area contributed by atoms with Crippen LogP contribution in [0.3, 0.4) is 0 Å². The van der Waals surface area contributed by atoms with Crippen molar-refractivity contribution in [2.24, 2.45) is 16.8 Å². The molecule has 0 aromatic carbocycles. The first kappa shape index (κ1) is 13.9. The van der Waals surface area contributed by atoms with Crippen molar-refractivity contribution in [3.8, 4) is 0 Å². The summed E-state index contributed by atoms with van der Waals surface area (Å²) in [6.45, 7) is 8.46. The number of carbonyl (C=O) groups excluding carboxylic acids is 1. The SMILES string of the molecule is CC(C)COC(=O)/N=C(\c1cccs1)C(C)C. The summed E-state index contributed by atoms with van der Waals surface area (Å²) in [6, 6.07) is 3.93. The summed E-state index contributed by atoms with van der Waals surface area (Å²) in [5, 5.41) is 1.98. The van der Waals surface area contributed by atoms with E-state index in [-0.39, 0.29) is 5.92 Å². The predicted molar refractivity (Wildman–Crippen MR) is 71.9 cm³/mol. The maximum Gasteiger partial charge on any atom is 0.433 e. The highest BCUT2D eigenvalue weighted by Crippen LogP contribution is 2.16. The minimum Gasteiger partial charge on any atom is -0.448 e. The third-order valence-electron chi connectivity index (χ3n) is 2.07. The Morgan fingerprint density at radius 3 is 2.59 bits per heavy atom. The largest absolute Gasteiger partial charge is 0.448 e. The topological polar surface area (TPSA) is 38.7 Å². The maximum absolute atomic E-state index is 11.6. The quantitative estimate of drug-likeness (QED) is 0.761. The van der Waals surface area contributed by atoms with Gasteiger partial charge in [-0.15, -0.1) is 11.3 Å². The molecule has 0 radical (unpaired) electrons. The van der Waals surface area contributed by atoms with Crippen molar-refractivity contribution in [1.82, 2.24) is 0 Å². The van der Waals surface area contributed by atoms with Crippen LogP contribution >= 0.6 is 11.3 Å². The molecule has 0 saturated carbocycles. The molecule has 1 aromatic rings. The predicted octanol–water partition coefficient (Wildman–Crippen LogP) is 3.99. The van der Waals surface area contributed by atoms with E-state index in [0.717, 1.165) is 10.6 Å². The van der Waals surface area contributed by atoms with Gasteiger partial charge in [0.05, 0.1) is 12.3 Å². The molecule has 1 rings (SSSR count). The third kappa shape index (κ3) is 4.69. The van der Waals surface area contributed by atoms with Gasteiger partial charge in [-0.25, -0.2) is 4.79 Å². The minimum atomic E-state index is -0.490. The Labute approximate surface area is 107 Å². The van der Waals surface area contributed by atoms with E-state index in [1.165, 1.54) is 0 Å². The number of thiophene rings is 1. The molecule has 4 heteroatoms. The normalized spacial score (nSPS) is 12.2. The fraction of sp³-hybridized carbons (Fsp3) is 0.538. The van der Waals surface area contributed by atoms with Crippen molar-refractivity contribution in [2.45, 2.75) is 27.7 Å². The average Bonchev–Trinajstić information content (AvgIpc) is 2.75. The molecule has 94 valence electrons. The first-order chi connectivity index (χ1) is 8.00. The molecule has 0 fully saturated rings.